The van der Waals surface area contributed by atoms with Gasteiger partial charge < -0.3 is 20.2 Å². The molecule has 2 atom stereocenters. The number of carboxylic acid groups (broad SMARTS) is 1. The van der Waals surface area contributed by atoms with E-state index in [1.165, 1.54) is 0 Å². The predicted molar refractivity (Wildman–Crippen MR) is 85.3 cm³/mol. The Morgan fingerprint density at radius 1 is 1.13 bits per heavy atom. The monoisotopic (exact) mass is 385 g/mol. The van der Waals surface area contributed by atoms with Gasteiger partial charge in [-0.25, -0.2) is 9.18 Å². The van der Waals surface area contributed by atoms with E-state index in [0.29, 0.717) is 18.7 Å². The van der Waals surface area contributed by atoms with Crippen LogP contribution in [0.25, 0.3) is 0 Å². The molecule has 2 aliphatic heterocycles. The summed E-state index contributed by atoms with van der Waals surface area (Å²) in [5.74, 6) is -0.0501. The molecule has 1 aromatic carbocycles. The van der Waals surface area contributed by atoms with Crippen LogP contribution in [0.15, 0.2) is 28.7 Å². The van der Waals surface area contributed by atoms with Gasteiger partial charge >= 0.3 is 6.09 Å². The standard InChI is InChI=1S/C15H17BrFN3O3/c16-10-3-1-9(2-4-10)14(21)19-5-11(6-19)18-13-8-20(15(22)23)7-12(13)17/h1-4,11-13,18H,5-8H2,(H,22,23). The maximum absolute atomic E-state index is 13.8. The van der Waals surface area contributed by atoms with E-state index in [4.69, 9.17) is 5.11 Å². The van der Waals surface area contributed by atoms with Crippen LogP contribution in [-0.4, -0.2) is 71.3 Å². The van der Waals surface area contributed by atoms with E-state index >= 15 is 0 Å². The summed E-state index contributed by atoms with van der Waals surface area (Å²) in [7, 11) is 0. The van der Waals surface area contributed by atoms with Gasteiger partial charge in [0.1, 0.15) is 6.17 Å². The number of hydrogen-bond acceptors (Lipinski definition) is 3. The molecule has 0 aliphatic carbocycles. The van der Waals surface area contributed by atoms with E-state index in [9.17, 15) is 14.0 Å². The number of halogens is 2. The van der Waals surface area contributed by atoms with Gasteiger partial charge in [0.05, 0.1) is 12.6 Å². The molecule has 3 rings (SSSR count). The smallest absolute Gasteiger partial charge is 0.407 e. The lowest BCUT2D eigenvalue weighted by molar-refractivity contribution is 0.0542. The SMILES string of the molecule is O=C(O)N1CC(F)C(NC2CN(C(=O)c3ccc(Br)cc3)C2)C1. The number of nitrogens with zero attached hydrogens (tertiary/aromatic N) is 2. The number of carbonyl (C=O) groups excluding carboxylic acids is 1. The Bertz CT molecular complexity index is 606. The summed E-state index contributed by atoms with van der Waals surface area (Å²) in [5.41, 5.74) is 0.618. The Kier molecular flexibility index (Phi) is 4.54. The molecule has 6 nitrogen and oxygen atoms in total. The van der Waals surface area contributed by atoms with Crippen LogP contribution in [-0.2, 0) is 0 Å². The number of rotatable bonds is 3. The highest BCUT2D eigenvalue weighted by Crippen LogP contribution is 2.19. The minimum absolute atomic E-state index is 0.00592. The van der Waals surface area contributed by atoms with E-state index in [2.05, 4.69) is 21.2 Å². The van der Waals surface area contributed by atoms with Crippen molar-refractivity contribution in [2.24, 2.45) is 0 Å². The molecule has 0 aromatic heterocycles. The van der Waals surface area contributed by atoms with Crippen molar-refractivity contribution in [1.29, 1.82) is 0 Å². The molecule has 0 spiro atoms. The van der Waals surface area contributed by atoms with Gasteiger partial charge in [-0.05, 0) is 24.3 Å². The Hall–Kier alpha value is -1.67. The fourth-order valence-corrected chi connectivity index (χ4v) is 3.17. The zero-order valence-electron chi connectivity index (χ0n) is 12.3. The number of amides is 2. The largest absolute Gasteiger partial charge is 0.465 e. The third-order valence-electron chi connectivity index (χ3n) is 4.23. The van der Waals surface area contributed by atoms with Gasteiger partial charge in [-0.3, -0.25) is 4.79 Å². The second-order valence-electron chi connectivity index (χ2n) is 5.89. The molecule has 124 valence electrons. The number of hydrogen-bond donors (Lipinski definition) is 2. The van der Waals surface area contributed by atoms with Crippen LogP contribution in [0, 0.1) is 0 Å². The average molecular weight is 386 g/mol. The minimum atomic E-state index is -1.21. The molecule has 1 aromatic rings. The Morgan fingerprint density at radius 3 is 2.35 bits per heavy atom. The highest BCUT2D eigenvalue weighted by Gasteiger charge is 2.39. The summed E-state index contributed by atoms with van der Waals surface area (Å²) < 4.78 is 14.7. The van der Waals surface area contributed by atoms with Gasteiger partial charge in [0.15, 0.2) is 0 Å². The summed E-state index contributed by atoms with van der Waals surface area (Å²) in [6, 6.07) is 6.65. The van der Waals surface area contributed by atoms with Crippen molar-refractivity contribution in [3.05, 3.63) is 34.3 Å². The van der Waals surface area contributed by atoms with E-state index in [1.807, 2.05) is 12.1 Å². The molecule has 0 saturated carbocycles. The molecule has 2 N–H and O–H groups in total. The van der Waals surface area contributed by atoms with Gasteiger partial charge in [-0.1, -0.05) is 15.9 Å². The highest BCUT2D eigenvalue weighted by molar-refractivity contribution is 9.10. The summed E-state index contributed by atoms with van der Waals surface area (Å²) in [4.78, 5) is 25.9. The van der Waals surface area contributed by atoms with Gasteiger partial charge in [-0.15, -0.1) is 0 Å². The number of carbonyl (C=O) groups is 2. The third-order valence-corrected chi connectivity index (χ3v) is 4.76. The molecule has 8 heteroatoms. The fourth-order valence-electron chi connectivity index (χ4n) is 2.91. The minimum Gasteiger partial charge on any atom is -0.465 e. The van der Waals surface area contributed by atoms with Crippen LogP contribution in [0.2, 0.25) is 0 Å². The first-order chi connectivity index (χ1) is 10.9. The first-order valence-corrected chi connectivity index (χ1v) is 8.16. The Morgan fingerprint density at radius 2 is 1.78 bits per heavy atom. The molecule has 23 heavy (non-hydrogen) atoms. The van der Waals surface area contributed by atoms with Crippen molar-refractivity contribution in [2.75, 3.05) is 26.2 Å². The molecule has 0 radical (unpaired) electrons. The summed E-state index contributed by atoms with van der Waals surface area (Å²) >= 11 is 3.33. The van der Waals surface area contributed by atoms with Crippen molar-refractivity contribution < 1.29 is 19.1 Å². The lowest BCUT2D eigenvalue weighted by atomic mass is 10.0. The van der Waals surface area contributed by atoms with Crippen molar-refractivity contribution in [3.8, 4) is 0 Å². The molecule has 2 unspecified atom stereocenters. The molecular weight excluding hydrogens is 369 g/mol. The topological polar surface area (TPSA) is 72.9 Å². The fraction of sp³-hybridized carbons (Fsp3) is 0.467. The normalized spacial score (nSPS) is 24.6. The van der Waals surface area contributed by atoms with Crippen molar-refractivity contribution in [3.63, 3.8) is 0 Å². The Labute approximate surface area is 141 Å². The Balaban J connectivity index is 1.49. The first kappa shape index (κ1) is 16.2. The van der Waals surface area contributed by atoms with Crippen LogP contribution in [0.4, 0.5) is 9.18 Å². The maximum Gasteiger partial charge on any atom is 0.407 e. The average Bonchev–Trinajstić information content (AvgIpc) is 2.84. The lowest BCUT2D eigenvalue weighted by Gasteiger charge is -2.41. The second kappa shape index (κ2) is 6.45. The number of alkyl halides is 1. The van der Waals surface area contributed by atoms with Crippen LogP contribution in [0.5, 0.6) is 0 Å². The zero-order valence-corrected chi connectivity index (χ0v) is 13.9. The van der Waals surface area contributed by atoms with Gasteiger partial charge in [0, 0.05) is 35.7 Å². The van der Waals surface area contributed by atoms with Crippen LogP contribution >= 0.6 is 15.9 Å². The number of likely N-dealkylation sites (tertiary alicyclic amines) is 2. The highest BCUT2D eigenvalue weighted by atomic mass is 79.9. The van der Waals surface area contributed by atoms with Gasteiger partial charge in [0.25, 0.3) is 5.91 Å². The molecule has 2 heterocycles. The van der Waals surface area contributed by atoms with E-state index in [1.54, 1.807) is 17.0 Å². The van der Waals surface area contributed by atoms with Crippen molar-refractivity contribution >= 4 is 27.9 Å². The van der Waals surface area contributed by atoms with E-state index in [0.717, 1.165) is 9.37 Å². The molecule has 2 fully saturated rings. The van der Waals surface area contributed by atoms with Crippen LogP contribution in [0.1, 0.15) is 10.4 Å². The second-order valence-corrected chi connectivity index (χ2v) is 6.81. The molecular formula is C15H17BrFN3O3. The first-order valence-electron chi connectivity index (χ1n) is 7.37. The predicted octanol–water partition coefficient (Wildman–Crippen LogP) is 1.56. The lowest BCUT2D eigenvalue weighted by Crippen LogP contribution is -2.63. The molecule has 2 saturated heterocycles. The number of benzene rings is 1. The van der Waals surface area contributed by atoms with Crippen LogP contribution in [0.3, 0.4) is 0 Å². The molecule has 2 amide bonds. The van der Waals surface area contributed by atoms with Crippen molar-refractivity contribution in [2.45, 2.75) is 18.3 Å². The summed E-state index contributed by atoms with van der Waals surface area (Å²) in [5, 5.41) is 12.0. The third kappa shape index (κ3) is 3.48. The van der Waals surface area contributed by atoms with E-state index in [-0.39, 0.29) is 25.0 Å². The summed E-state index contributed by atoms with van der Waals surface area (Å²) in [6.45, 7) is 1.06. The van der Waals surface area contributed by atoms with Gasteiger partial charge in [0.2, 0.25) is 0 Å². The maximum atomic E-state index is 13.8. The molecule has 0 bridgehead atoms. The van der Waals surface area contributed by atoms with E-state index < -0.39 is 18.3 Å². The zero-order chi connectivity index (χ0) is 16.6. The van der Waals surface area contributed by atoms with Crippen molar-refractivity contribution in [1.82, 2.24) is 15.1 Å². The quantitative estimate of drug-likeness (QED) is 0.827. The molecule has 2 aliphatic rings. The number of nitrogens with one attached hydrogen (secondary N) is 1. The van der Waals surface area contributed by atoms with Gasteiger partial charge in [-0.2, -0.15) is 0 Å². The summed E-state index contributed by atoms with van der Waals surface area (Å²) in [6.07, 6.45) is -2.31. The van der Waals surface area contributed by atoms with Crippen LogP contribution < -0.4 is 5.32 Å².